The summed E-state index contributed by atoms with van der Waals surface area (Å²) >= 11 is 0. The van der Waals surface area contributed by atoms with Crippen LogP contribution in [0.2, 0.25) is 0 Å². The average molecular weight is 225 g/mol. The van der Waals surface area contributed by atoms with Gasteiger partial charge < -0.3 is 4.90 Å². The van der Waals surface area contributed by atoms with Crippen LogP contribution in [-0.2, 0) is 4.79 Å². The molecule has 94 valence electrons. The highest BCUT2D eigenvalue weighted by molar-refractivity contribution is 5.94. The summed E-state index contributed by atoms with van der Waals surface area (Å²) in [5, 5.41) is 0. The molecule has 0 aliphatic rings. The van der Waals surface area contributed by atoms with Crippen molar-refractivity contribution in [3.8, 4) is 0 Å². The van der Waals surface area contributed by atoms with Gasteiger partial charge in [0.1, 0.15) is 0 Å². The minimum atomic E-state index is 0.142. The first kappa shape index (κ1) is 15.4. The summed E-state index contributed by atoms with van der Waals surface area (Å²) in [4.78, 5) is 13.8. The number of Topliss-reactive ketones (excluding diaryl/α,β-unsaturated/α-hetero) is 1. The third kappa shape index (κ3) is 3.75. The zero-order valence-corrected chi connectivity index (χ0v) is 12.1. The van der Waals surface area contributed by atoms with Crippen molar-refractivity contribution in [1.29, 1.82) is 0 Å². The number of carbonyl (C=O) groups is 1. The second-order valence-electron chi connectivity index (χ2n) is 5.80. The predicted octanol–water partition coefficient (Wildman–Crippen LogP) is 3.28. The van der Waals surface area contributed by atoms with Gasteiger partial charge in [0.2, 0.25) is 0 Å². The molecular weight excluding hydrogens is 198 g/mol. The molecular formula is C14H27NO. The van der Waals surface area contributed by atoms with Gasteiger partial charge in [0.05, 0.1) is 0 Å². The topological polar surface area (TPSA) is 20.3 Å². The fraction of sp³-hybridized carbons (Fsp3) is 0.786. The van der Waals surface area contributed by atoms with Gasteiger partial charge in [0.15, 0.2) is 5.78 Å². The summed E-state index contributed by atoms with van der Waals surface area (Å²) in [7, 11) is 4.15. The van der Waals surface area contributed by atoms with Crippen LogP contribution in [0.4, 0.5) is 0 Å². The Hall–Kier alpha value is -0.630. The second-order valence-corrected chi connectivity index (χ2v) is 5.80. The van der Waals surface area contributed by atoms with E-state index in [0.717, 1.165) is 12.0 Å². The third-order valence-electron chi connectivity index (χ3n) is 3.00. The highest BCUT2D eigenvalue weighted by atomic mass is 16.1. The molecule has 0 aliphatic heterocycles. The van der Waals surface area contributed by atoms with Gasteiger partial charge in [-0.3, -0.25) is 4.79 Å². The molecule has 0 bridgehead atoms. The van der Waals surface area contributed by atoms with Crippen molar-refractivity contribution < 1.29 is 4.79 Å². The van der Waals surface area contributed by atoms with E-state index in [9.17, 15) is 4.79 Å². The predicted molar refractivity (Wildman–Crippen MR) is 70.6 cm³/mol. The van der Waals surface area contributed by atoms with Gasteiger partial charge in [-0.1, -0.05) is 27.7 Å². The molecule has 0 spiro atoms. The van der Waals surface area contributed by atoms with Gasteiger partial charge in [0, 0.05) is 6.04 Å². The molecule has 2 nitrogen and oxygen atoms in total. The Morgan fingerprint density at radius 2 is 1.62 bits per heavy atom. The Morgan fingerprint density at radius 3 is 1.81 bits per heavy atom. The van der Waals surface area contributed by atoms with Crippen molar-refractivity contribution >= 4 is 5.78 Å². The Kier molecular flexibility index (Phi) is 5.40. The van der Waals surface area contributed by atoms with Crippen LogP contribution in [0.5, 0.6) is 0 Å². The first-order valence-electron chi connectivity index (χ1n) is 5.99. The minimum Gasteiger partial charge on any atom is -0.302 e. The Balaban J connectivity index is 5.46. The van der Waals surface area contributed by atoms with Gasteiger partial charge in [-0.15, -0.1) is 0 Å². The van der Waals surface area contributed by atoms with Crippen molar-refractivity contribution in [1.82, 2.24) is 4.90 Å². The van der Waals surface area contributed by atoms with Crippen molar-refractivity contribution in [3.63, 3.8) is 0 Å². The molecule has 0 fully saturated rings. The van der Waals surface area contributed by atoms with Crippen LogP contribution < -0.4 is 0 Å². The van der Waals surface area contributed by atoms with E-state index in [4.69, 9.17) is 0 Å². The van der Waals surface area contributed by atoms with Crippen LogP contribution in [0.25, 0.3) is 0 Å². The van der Waals surface area contributed by atoms with Gasteiger partial charge in [-0.05, 0) is 50.9 Å². The molecule has 0 aromatic carbocycles. The molecule has 0 saturated carbocycles. The van der Waals surface area contributed by atoms with Crippen molar-refractivity contribution in [2.24, 2.45) is 5.41 Å². The highest BCUT2D eigenvalue weighted by Gasteiger charge is 2.29. The summed E-state index contributed by atoms with van der Waals surface area (Å²) in [6.45, 7) is 12.5. The lowest BCUT2D eigenvalue weighted by Crippen LogP contribution is -2.41. The normalized spacial score (nSPS) is 16.1. The van der Waals surface area contributed by atoms with Gasteiger partial charge in [-0.25, -0.2) is 0 Å². The zero-order chi connectivity index (χ0) is 13.1. The van der Waals surface area contributed by atoms with Crippen LogP contribution in [0.3, 0.4) is 0 Å². The van der Waals surface area contributed by atoms with E-state index in [-0.39, 0.29) is 11.2 Å². The summed E-state index contributed by atoms with van der Waals surface area (Å²) in [6, 6.07) is 0.311. The highest BCUT2D eigenvalue weighted by Crippen LogP contribution is 2.30. The monoisotopic (exact) mass is 225 g/mol. The van der Waals surface area contributed by atoms with E-state index < -0.39 is 0 Å². The number of allylic oxidation sites excluding steroid dienone is 1. The zero-order valence-electron chi connectivity index (χ0n) is 12.1. The molecule has 0 aliphatic carbocycles. The lowest BCUT2D eigenvalue weighted by Gasteiger charge is -2.38. The van der Waals surface area contributed by atoms with Crippen LogP contribution in [-0.4, -0.2) is 30.8 Å². The Morgan fingerprint density at radius 1 is 1.19 bits per heavy atom. The number of hydrogen-bond donors (Lipinski definition) is 0. The molecule has 0 aromatic heterocycles. The third-order valence-corrected chi connectivity index (χ3v) is 3.00. The molecule has 0 radical (unpaired) electrons. The molecule has 0 rings (SSSR count). The minimum absolute atomic E-state index is 0.142. The lowest BCUT2D eigenvalue weighted by molar-refractivity contribution is -0.113. The largest absolute Gasteiger partial charge is 0.302 e. The quantitative estimate of drug-likeness (QED) is 0.684. The lowest BCUT2D eigenvalue weighted by atomic mass is 9.79. The average Bonchev–Trinajstić information content (AvgIpc) is 1.99. The number of carbonyl (C=O) groups excluding carboxylic acids is 1. The summed E-state index contributed by atoms with van der Waals surface area (Å²) in [6.07, 6.45) is 0.821. The standard InChI is InChI=1S/C14H27NO/c1-9-12(11(3)16)10(2)13(15(7)8)14(4,5)6/h13H,9H2,1-8H3/b12-10+. The summed E-state index contributed by atoms with van der Waals surface area (Å²) < 4.78 is 0. The van der Waals surface area contributed by atoms with Gasteiger partial charge in [0.25, 0.3) is 0 Å². The molecule has 0 amide bonds. The van der Waals surface area contributed by atoms with Crippen molar-refractivity contribution in [2.45, 2.75) is 54.0 Å². The number of hydrogen-bond acceptors (Lipinski definition) is 2. The maximum absolute atomic E-state index is 11.6. The fourth-order valence-electron chi connectivity index (χ4n) is 2.78. The number of likely N-dealkylation sites (N-methyl/N-ethyl adjacent to an activating group) is 1. The Labute approximate surface area is 101 Å². The maximum atomic E-state index is 11.6. The molecule has 1 unspecified atom stereocenters. The second kappa shape index (κ2) is 5.62. The van der Waals surface area contributed by atoms with E-state index in [0.29, 0.717) is 6.04 Å². The molecule has 0 N–H and O–H groups in total. The maximum Gasteiger partial charge on any atom is 0.155 e. The van der Waals surface area contributed by atoms with E-state index in [1.165, 1.54) is 5.57 Å². The van der Waals surface area contributed by atoms with Crippen LogP contribution >= 0.6 is 0 Å². The van der Waals surface area contributed by atoms with Crippen LogP contribution in [0, 0.1) is 5.41 Å². The molecule has 0 heterocycles. The van der Waals surface area contributed by atoms with Gasteiger partial charge >= 0.3 is 0 Å². The number of nitrogens with zero attached hydrogens (tertiary/aromatic N) is 1. The number of ketones is 1. The molecule has 0 aromatic rings. The fourth-order valence-corrected chi connectivity index (χ4v) is 2.78. The molecule has 0 saturated heterocycles. The smallest absolute Gasteiger partial charge is 0.155 e. The van der Waals surface area contributed by atoms with Crippen molar-refractivity contribution in [2.75, 3.05) is 14.1 Å². The van der Waals surface area contributed by atoms with E-state index in [1.54, 1.807) is 6.92 Å². The van der Waals surface area contributed by atoms with Crippen molar-refractivity contribution in [3.05, 3.63) is 11.1 Å². The summed E-state index contributed by atoms with van der Waals surface area (Å²) in [5.74, 6) is 0.205. The first-order chi connectivity index (χ1) is 7.12. The molecule has 1 atom stereocenters. The van der Waals surface area contributed by atoms with E-state index >= 15 is 0 Å². The SMILES string of the molecule is CC/C(C(C)=O)=C(/C)C(N(C)C)C(C)(C)C. The first-order valence-corrected chi connectivity index (χ1v) is 5.99. The van der Waals surface area contributed by atoms with E-state index in [1.807, 2.05) is 0 Å². The number of rotatable bonds is 4. The molecule has 2 heteroatoms. The van der Waals surface area contributed by atoms with Crippen LogP contribution in [0.1, 0.15) is 48.0 Å². The van der Waals surface area contributed by atoms with Gasteiger partial charge in [-0.2, -0.15) is 0 Å². The van der Waals surface area contributed by atoms with E-state index in [2.05, 4.69) is 53.6 Å². The Bertz CT molecular complexity index is 282. The molecule has 16 heavy (non-hydrogen) atoms. The summed E-state index contributed by atoms with van der Waals surface area (Å²) in [5.41, 5.74) is 2.34. The van der Waals surface area contributed by atoms with Crippen LogP contribution in [0.15, 0.2) is 11.1 Å².